The van der Waals surface area contributed by atoms with Crippen LogP contribution in [0.5, 0.6) is 0 Å². The molecule has 1 aromatic rings. The Labute approximate surface area is 108 Å². The Morgan fingerprint density at radius 3 is 2.61 bits per heavy atom. The fourth-order valence-electron chi connectivity index (χ4n) is 2.77. The molecule has 1 atom stereocenters. The number of benzene rings is 1. The molecule has 0 amide bonds. The first-order chi connectivity index (χ1) is 8.58. The lowest BCUT2D eigenvalue weighted by Crippen LogP contribution is -2.24. The molecular weight excluding hydrogens is 229 g/mol. The molecule has 100 valence electrons. The van der Waals surface area contributed by atoms with Crippen LogP contribution < -0.4 is 4.90 Å². The molecule has 3 heteroatoms. The van der Waals surface area contributed by atoms with E-state index in [4.69, 9.17) is 0 Å². The zero-order valence-corrected chi connectivity index (χ0v) is 11.2. The van der Waals surface area contributed by atoms with Gasteiger partial charge in [-0.25, -0.2) is 4.39 Å². The molecule has 0 aromatic heterocycles. The maximum absolute atomic E-state index is 14.0. The predicted octanol–water partition coefficient (Wildman–Crippen LogP) is 3.51. The molecule has 0 spiro atoms. The lowest BCUT2D eigenvalue weighted by molar-refractivity contribution is 0.199. The number of rotatable bonds is 4. The molecule has 0 radical (unpaired) electrons. The Morgan fingerprint density at radius 1 is 1.39 bits per heavy atom. The van der Waals surface area contributed by atoms with E-state index in [2.05, 4.69) is 0 Å². The minimum atomic E-state index is -0.617. The Kier molecular flexibility index (Phi) is 4.23. The van der Waals surface area contributed by atoms with Gasteiger partial charge in [-0.3, -0.25) is 0 Å². The quantitative estimate of drug-likeness (QED) is 0.885. The van der Waals surface area contributed by atoms with Crippen LogP contribution in [0.25, 0.3) is 0 Å². The molecule has 2 nitrogen and oxygen atoms in total. The molecule has 1 saturated carbocycles. The molecule has 1 aliphatic rings. The van der Waals surface area contributed by atoms with Crippen molar-refractivity contribution in [2.24, 2.45) is 5.92 Å². The molecule has 1 aromatic carbocycles. The van der Waals surface area contributed by atoms with Gasteiger partial charge >= 0.3 is 0 Å². The summed E-state index contributed by atoms with van der Waals surface area (Å²) in [5, 5.41) is 9.43. The van der Waals surface area contributed by atoms with Crippen molar-refractivity contribution < 1.29 is 9.50 Å². The van der Waals surface area contributed by atoms with E-state index in [1.165, 1.54) is 31.7 Å². The Morgan fingerprint density at radius 2 is 2.06 bits per heavy atom. The fraction of sp³-hybridized carbons (Fsp3) is 0.600. The highest BCUT2D eigenvalue weighted by molar-refractivity contribution is 5.48. The van der Waals surface area contributed by atoms with E-state index < -0.39 is 6.10 Å². The third kappa shape index (κ3) is 3.02. The van der Waals surface area contributed by atoms with E-state index >= 15 is 0 Å². The van der Waals surface area contributed by atoms with Crippen LogP contribution in [0.1, 0.15) is 44.3 Å². The van der Waals surface area contributed by atoms with Crippen molar-refractivity contribution in [1.29, 1.82) is 0 Å². The monoisotopic (exact) mass is 251 g/mol. The molecule has 1 fully saturated rings. The average Bonchev–Trinajstić information content (AvgIpc) is 2.81. The third-order valence-electron chi connectivity index (χ3n) is 3.87. The molecule has 2 rings (SSSR count). The Hall–Kier alpha value is -1.09. The lowest BCUT2D eigenvalue weighted by Gasteiger charge is -2.24. The van der Waals surface area contributed by atoms with Gasteiger partial charge in [-0.15, -0.1) is 0 Å². The van der Waals surface area contributed by atoms with E-state index in [-0.39, 0.29) is 5.82 Å². The van der Waals surface area contributed by atoms with Gasteiger partial charge in [-0.05, 0) is 43.4 Å². The van der Waals surface area contributed by atoms with Crippen LogP contribution in [0, 0.1) is 11.7 Å². The van der Waals surface area contributed by atoms with Crippen LogP contribution in [-0.2, 0) is 0 Å². The molecule has 0 aliphatic heterocycles. The first-order valence-electron chi connectivity index (χ1n) is 6.76. The smallest absolute Gasteiger partial charge is 0.146 e. The summed E-state index contributed by atoms with van der Waals surface area (Å²) in [6.45, 7) is 2.57. The van der Waals surface area contributed by atoms with Gasteiger partial charge in [0.1, 0.15) is 5.82 Å². The highest BCUT2D eigenvalue weighted by Crippen LogP contribution is 2.28. The number of halogens is 1. The van der Waals surface area contributed by atoms with Gasteiger partial charge < -0.3 is 10.0 Å². The van der Waals surface area contributed by atoms with Gasteiger partial charge in [-0.1, -0.05) is 18.9 Å². The van der Waals surface area contributed by atoms with Gasteiger partial charge in [0, 0.05) is 13.6 Å². The molecule has 0 bridgehead atoms. The van der Waals surface area contributed by atoms with E-state index in [0.29, 0.717) is 17.2 Å². The zero-order valence-electron chi connectivity index (χ0n) is 11.2. The molecule has 1 aliphatic carbocycles. The van der Waals surface area contributed by atoms with Crippen LogP contribution in [0.3, 0.4) is 0 Å². The molecule has 0 heterocycles. The first-order valence-corrected chi connectivity index (χ1v) is 6.76. The van der Waals surface area contributed by atoms with Crippen molar-refractivity contribution >= 4 is 5.69 Å². The second-order valence-electron chi connectivity index (χ2n) is 5.42. The maximum atomic E-state index is 14.0. The minimum absolute atomic E-state index is 0.242. The van der Waals surface area contributed by atoms with Crippen LogP contribution in [-0.4, -0.2) is 18.7 Å². The average molecular weight is 251 g/mol. The summed E-state index contributed by atoms with van der Waals surface area (Å²) >= 11 is 0. The van der Waals surface area contributed by atoms with Crippen molar-refractivity contribution in [3.05, 3.63) is 29.6 Å². The fourth-order valence-corrected chi connectivity index (χ4v) is 2.77. The Bertz CT molecular complexity index is 399. The number of nitrogens with zero attached hydrogens (tertiary/aromatic N) is 1. The Balaban J connectivity index is 2.07. The second-order valence-corrected chi connectivity index (χ2v) is 5.42. The topological polar surface area (TPSA) is 23.5 Å². The van der Waals surface area contributed by atoms with Gasteiger partial charge in [0.2, 0.25) is 0 Å². The molecule has 18 heavy (non-hydrogen) atoms. The number of anilines is 1. The molecular formula is C15H22FNO. The highest BCUT2D eigenvalue weighted by Gasteiger charge is 2.18. The van der Waals surface area contributed by atoms with E-state index in [1.807, 2.05) is 11.9 Å². The number of hydrogen-bond donors (Lipinski definition) is 1. The summed E-state index contributed by atoms with van der Waals surface area (Å²) in [6, 6.07) is 5.01. The van der Waals surface area contributed by atoms with E-state index in [9.17, 15) is 9.50 Å². The van der Waals surface area contributed by atoms with Crippen molar-refractivity contribution in [2.45, 2.75) is 38.7 Å². The van der Waals surface area contributed by atoms with Gasteiger partial charge in [0.25, 0.3) is 0 Å². The zero-order chi connectivity index (χ0) is 13.1. The molecule has 0 saturated heterocycles. The van der Waals surface area contributed by atoms with Crippen LogP contribution in [0.4, 0.5) is 10.1 Å². The van der Waals surface area contributed by atoms with Crippen LogP contribution >= 0.6 is 0 Å². The summed E-state index contributed by atoms with van der Waals surface area (Å²) in [5.41, 5.74) is 1.26. The third-order valence-corrected chi connectivity index (χ3v) is 3.87. The van der Waals surface area contributed by atoms with Gasteiger partial charge in [-0.2, -0.15) is 0 Å². The molecule has 0 unspecified atom stereocenters. The maximum Gasteiger partial charge on any atom is 0.146 e. The normalized spacial score (nSPS) is 18.0. The summed E-state index contributed by atoms with van der Waals surface area (Å²) in [6.07, 6.45) is 4.52. The van der Waals surface area contributed by atoms with Crippen molar-refractivity contribution in [3.63, 3.8) is 0 Å². The number of aliphatic hydroxyl groups is 1. The number of hydrogen-bond acceptors (Lipinski definition) is 2. The summed E-state index contributed by atoms with van der Waals surface area (Å²) in [7, 11) is 1.94. The number of aliphatic hydroxyl groups excluding tert-OH is 1. The summed E-state index contributed by atoms with van der Waals surface area (Å²) < 4.78 is 14.0. The summed E-state index contributed by atoms with van der Waals surface area (Å²) in [5.74, 6) is 0.458. The van der Waals surface area contributed by atoms with Crippen molar-refractivity contribution in [2.75, 3.05) is 18.5 Å². The predicted molar refractivity (Wildman–Crippen MR) is 72.3 cm³/mol. The SMILES string of the molecule is C[C@@H](O)c1ccc(N(C)CC2CCCC2)c(F)c1. The lowest BCUT2D eigenvalue weighted by atomic mass is 10.1. The van der Waals surface area contributed by atoms with Gasteiger partial charge in [0.05, 0.1) is 11.8 Å². The second kappa shape index (κ2) is 5.70. The van der Waals surface area contributed by atoms with Crippen LogP contribution in [0.15, 0.2) is 18.2 Å². The first kappa shape index (κ1) is 13.3. The highest BCUT2D eigenvalue weighted by atomic mass is 19.1. The molecule has 1 N–H and O–H groups in total. The van der Waals surface area contributed by atoms with E-state index in [1.54, 1.807) is 19.1 Å². The summed E-state index contributed by atoms with van der Waals surface area (Å²) in [4.78, 5) is 2.00. The van der Waals surface area contributed by atoms with Gasteiger partial charge in [0.15, 0.2) is 0 Å². The van der Waals surface area contributed by atoms with Crippen molar-refractivity contribution in [3.8, 4) is 0 Å². The van der Waals surface area contributed by atoms with Crippen molar-refractivity contribution in [1.82, 2.24) is 0 Å². The van der Waals surface area contributed by atoms with Crippen LogP contribution in [0.2, 0.25) is 0 Å². The minimum Gasteiger partial charge on any atom is -0.389 e. The van der Waals surface area contributed by atoms with E-state index in [0.717, 1.165) is 6.54 Å². The largest absolute Gasteiger partial charge is 0.389 e. The standard InChI is InChI=1S/C15H22FNO/c1-11(18)13-7-8-15(14(16)9-13)17(2)10-12-5-3-4-6-12/h7-9,11-12,18H,3-6,10H2,1-2H3/t11-/m1/s1.